The van der Waals surface area contributed by atoms with Crippen molar-refractivity contribution in [2.24, 2.45) is 0 Å². The molecule has 25 heavy (non-hydrogen) atoms. The van der Waals surface area contributed by atoms with Gasteiger partial charge in [0.05, 0.1) is 0 Å². The molecule has 2 nitrogen and oxygen atoms in total. The van der Waals surface area contributed by atoms with Crippen molar-refractivity contribution < 1.29 is 27.2 Å². The van der Waals surface area contributed by atoms with E-state index in [9.17, 15) is 10.2 Å². The molecule has 0 radical (unpaired) electrons. The first-order chi connectivity index (χ1) is 12.2. The molecule has 0 saturated carbocycles. The zero-order valence-corrected chi connectivity index (χ0v) is 16.2. The van der Waals surface area contributed by atoms with Gasteiger partial charge in [-0.15, -0.1) is 0 Å². The van der Waals surface area contributed by atoms with E-state index in [0.29, 0.717) is 11.1 Å². The Labute approximate surface area is 162 Å². The van der Waals surface area contributed by atoms with Crippen LogP contribution >= 0.6 is 18.6 Å². The third-order valence-electron chi connectivity index (χ3n) is 4.09. The Morgan fingerprint density at radius 3 is 1.32 bits per heavy atom. The third kappa shape index (κ3) is 3.63. The molecule has 0 aliphatic rings. The monoisotopic (exact) mass is 404 g/mol. The Bertz CT molecular complexity index is 951. The van der Waals surface area contributed by atoms with Gasteiger partial charge in [-0.3, -0.25) is 0 Å². The molecule has 4 aromatic rings. The molecule has 0 unspecified atom stereocenters. The van der Waals surface area contributed by atoms with E-state index in [2.05, 4.69) is 0 Å². The van der Waals surface area contributed by atoms with Gasteiger partial charge in [0, 0.05) is 21.9 Å². The molecule has 0 aliphatic carbocycles. The summed E-state index contributed by atoms with van der Waals surface area (Å²) in [5.41, 5.74) is 1.28. The number of hydrogen-bond acceptors (Lipinski definition) is 2. The molecule has 0 spiro atoms. The van der Waals surface area contributed by atoms with Crippen molar-refractivity contribution in [3.63, 3.8) is 0 Å². The Kier molecular flexibility index (Phi) is 5.87. The summed E-state index contributed by atoms with van der Waals surface area (Å²) in [6.45, 7) is 0. The summed E-state index contributed by atoms with van der Waals surface area (Å²) in [5, 5.41) is 24.7. The van der Waals surface area contributed by atoms with Crippen molar-refractivity contribution in [1.82, 2.24) is 0 Å². The van der Waals surface area contributed by atoms with Gasteiger partial charge in [-0.1, -0.05) is 60.7 Å². The van der Waals surface area contributed by atoms with E-state index in [1.54, 1.807) is 0 Å². The molecular formula is C20H14Cl2O2Ti. The minimum absolute atomic E-state index is 0.198. The molecule has 0 aliphatic heterocycles. The van der Waals surface area contributed by atoms with Gasteiger partial charge in [0.2, 0.25) is 0 Å². The summed E-state index contributed by atoms with van der Waals surface area (Å²) in [7, 11) is 9.78. The van der Waals surface area contributed by atoms with Gasteiger partial charge in [-0.05, 0) is 22.9 Å². The molecule has 4 aromatic carbocycles. The summed E-state index contributed by atoms with van der Waals surface area (Å²) < 4.78 is 0. The van der Waals surface area contributed by atoms with Crippen molar-refractivity contribution in [2.45, 2.75) is 0 Å². The van der Waals surface area contributed by atoms with E-state index in [1.807, 2.05) is 72.8 Å². The fraction of sp³-hybridized carbons (Fsp3) is 0. The quantitative estimate of drug-likeness (QED) is 0.358. The van der Waals surface area contributed by atoms with Gasteiger partial charge in [-0.2, -0.15) is 0 Å². The molecule has 0 amide bonds. The zero-order chi connectivity index (χ0) is 17.8. The molecular weight excluding hydrogens is 391 g/mol. The van der Waals surface area contributed by atoms with Crippen LogP contribution in [0.1, 0.15) is 0 Å². The van der Waals surface area contributed by atoms with Crippen LogP contribution in [0.3, 0.4) is 0 Å². The van der Waals surface area contributed by atoms with Gasteiger partial charge in [0.1, 0.15) is 11.5 Å². The number of halogens is 2. The van der Waals surface area contributed by atoms with Crippen molar-refractivity contribution in [2.75, 3.05) is 0 Å². The SMILES string of the molecule is Oc1c(-c2ccc3ccccc3c2O)ccc2ccccc12.[Cl][Ti][Cl]. The summed E-state index contributed by atoms with van der Waals surface area (Å²) in [6, 6.07) is 23.0. The van der Waals surface area contributed by atoms with E-state index < -0.39 is 17.0 Å². The predicted molar refractivity (Wildman–Crippen MR) is 102 cm³/mol. The van der Waals surface area contributed by atoms with Crippen LogP contribution in [0.4, 0.5) is 0 Å². The number of phenols is 2. The number of phenolic OH excluding ortho intramolecular Hbond substituents is 2. The maximum atomic E-state index is 10.6. The number of aromatic hydroxyl groups is 2. The average Bonchev–Trinajstić information content (AvgIpc) is 2.64. The molecule has 0 atom stereocenters. The van der Waals surface area contributed by atoms with Crippen molar-refractivity contribution in [3.8, 4) is 22.6 Å². The molecule has 2 N–H and O–H groups in total. The molecule has 0 aromatic heterocycles. The van der Waals surface area contributed by atoms with Crippen LogP contribution in [0.2, 0.25) is 0 Å². The Balaban J connectivity index is 0.000000569. The van der Waals surface area contributed by atoms with Gasteiger partial charge >= 0.3 is 35.6 Å². The molecule has 4 rings (SSSR count). The van der Waals surface area contributed by atoms with E-state index >= 15 is 0 Å². The zero-order valence-electron chi connectivity index (χ0n) is 13.1. The van der Waals surface area contributed by atoms with Gasteiger partial charge < -0.3 is 10.2 Å². The van der Waals surface area contributed by atoms with Crippen molar-refractivity contribution >= 4 is 40.2 Å². The first-order valence-electron chi connectivity index (χ1n) is 7.55. The maximum absolute atomic E-state index is 10.6. The van der Waals surface area contributed by atoms with E-state index in [-0.39, 0.29) is 11.5 Å². The Morgan fingerprint density at radius 2 is 0.920 bits per heavy atom. The van der Waals surface area contributed by atoms with Crippen LogP contribution in [0.5, 0.6) is 11.5 Å². The topological polar surface area (TPSA) is 40.5 Å². The molecule has 124 valence electrons. The molecule has 0 fully saturated rings. The van der Waals surface area contributed by atoms with E-state index in [0.717, 1.165) is 21.5 Å². The van der Waals surface area contributed by atoms with Crippen LogP contribution in [-0.4, -0.2) is 10.2 Å². The van der Waals surface area contributed by atoms with Crippen LogP contribution in [0, 0.1) is 0 Å². The first kappa shape index (κ1) is 18.1. The number of rotatable bonds is 1. The summed E-state index contributed by atoms with van der Waals surface area (Å²) in [4.78, 5) is 0. The first-order valence-corrected chi connectivity index (χ1v) is 11.8. The van der Waals surface area contributed by atoms with Crippen LogP contribution < -0.4 is 0 Å². The third-order valence-corrected chi connectivity index (χ3v) is 4.09. The van der Waals surface area contributed by atoms with E-state index in [1.165, 1.54) is 0 Å². The fourth-order valence-corrected chi connectivity index (χ4v) is 2.94. The second-order valence-electron chi connectivity index (χ2n) is 5.44. The predicted octanol–water partition coefficient (Wildman–Crippen LogP) is 6.45. The van der Waals surface area contributed by atoms with Crippen LogP contribution in [0.15, 0.2) is 72.8 Å². The van der Waals surface area contributed by atoms with Crippen molar-refractivity contribution in [1.29, 1.82) is 0 Å². The number of hydrogen-bond donors (Lipinski definition) is 2. The van der Waals surface area contributed by atoms with Gasteiger partial charge in [-0.25, -0.2) is 0 Å². The Morgan fingerprint density at radius 1 is 0.560 bits per heavy atom. The fourth-order valence-electron chi connectivity index (χ4n) is 2.94. The summed E-state index contributed by atoms with van der Waals surface area (Å²) in [5.74, 6) is 0.396. The Hall–Kier alpha value is -1.71. The van der Waals surface area contributed by atoms with Crippen molar-refractivity contribution in [3.05, 3.63) is 72.8 Å². The molecule has 0 bridgehead atoms. The standard InChI is InChI=1S/C20H14O2.2ClH.Ti/c21-19-15-7-3-1-5-13(15)9-11-17(19)18-12-10-14-6-2-4-8-16(14)20(18)22;;;/h1-12,21-22H;2*1H;/q;;;+2/p-2. The molecule has 0 saturated heterocycles. The number of benzene rings is 4. The minimum atomic E-state index is -0.556. The number of fused-ring (bicyclic) bond motifs is 2. The molecule has 0 heterocycles. The second kappa shape index (κ2) is 8.12. The summed E-state index contributed by atoms with van der Waals surface area (Å²) in [6.07, 6.45) is 0. The van der Waals surface area contributed by atoms with Gasteiger partial charge in [0.15, 0.2) is 0 Å². The average molecular weight is 405 g/mol. The normalized spacial score (nSPS) is 10.3. The summed E-state index contributed by atoms with van der Waals surface area (Å²) >= 11 is -0.556. The van der Waals surface area contributed by atoms with Gasteiger partial charge in [0.25, 0.3) is 0 Å². The molecule has 5 heteroatoms. The second-order valence-corrected chi connectivity index (χ2v) is 8.02. The van der Waals surface area contributed by atoms with Crippen LogP contribution in [-0.2, 0) is 17.0 Å². The van der Waals surface area contributed by atoms with E-state index in [4.69, 9.17) is 18.6 Å². The van der Waals surface area contributed by atoms with Crippen LogP contribution in [0.25, 0.3) is 32.7 Å².